The summed E-state index contributed by atoms with van der Waals surface area (Å²) in [7, 11) is -3.53. The maximum absolute atomic E-state index is 12.6. The van der Waals surface area contributed by atoms with Gasteiger partial charge in [0.1, 0.15) is 17.5 Å². The number of nitrogens with two attached hydrogens (primary N) is 1. The van der Waals surface area contributed by atoms with Crippen molar-refractivity contribution in [1.82, 2.24) is 14.1 Å². The number of aromatic nitrogens is 2. The van der Waals surface area contributed by atoms with Crippen molar-refractivity contribution in [1.29, 1.82) is 5.26 Å². The van der Waals surface area contributed by atoms with Crippen molar-refractivity contribution in [2.24, 2.45) is 0 Å². The molecule has 1 saturated heterocycles. The van der Waals surface area contributed by atoms with Crippen LogP contribution in [0.15, 0.2) is 35.4 Å². The summed E-state index contributed by atoms with van der Waals surface area (Å²) >= 11 is 0. The fraction of sp³-hybridized carbons (Fsp3) is 0.353. The van der Waals surface area contributed by atoms with E-state index in [-0.39, 0.29) is 28.6 Å². The molecule has 1 aromatic heterocycles. The van der Waals surface area contributed by atoms with Gasteiger partial charge in [-0.15, -0.1) is 0 Å². The quantitative estimate of drug-likeness (QED) is 0.793. The number of benzene rings is 1. The first-order chi connectivity index (χ1) is 12.9. The lowest BCUT2D eigenvalue weighted by Gasteiger charge is -2.26. The van der Waals surface area contributed by atoms with Gasteiger partial charge in [0.05, 0.1) is 24.3 Å². The molecule has 0 bridgehead atoms. The van der Waals surface area contributed by atoms with Gasteiger partial charge in [0.15, 0.2) is 0 Å². The van der Waals surface area contributed by atoms with Gasteiger partial charge in [-0.1, -0.05) is 12.1 Å². The standard InChI is InChI=1S/C17H19N5O4S/c18-11-14-12-20-22(17(14)19)16(23)6-3-13-1-4-15(5-2-13)27(24,25)21-7-9-26-10-8-21/h1-2,4-5,12H,3,6-10,19H2. The maximum atomic E-state index is 12.6. The maximum Gasteiger partial charge on any atom is 0.249 e. The Kier molecular flexibility index (Phi) is 5.55. The van der Waals surface area contributed by atoms with E-state index >= 15 is 0 Å². The molecule has 9 nitrogen and oxygen atoms in total. The number of carbonyl (C=O) groups is 1. The number of carbonyl (C=O) groups excluding carboxylic acids is 1. The Bertz CT molecular complexity index is 970. The molecule has 0 saturated carbocycles. The number of nitrogen functional groups attached to an aromatic ring is 1. The molecule has 2 N–H and O–H groups in total. The number of nitriles is 1. The average molecular weight is 389 g/mol. The number of morpholine rings is 1. The van der Waals surface area contributed by atoms with Crippen molar-refractivity contribution in [2.75, 3.05) is 32.0 Å². The van der Waals surface area contributed by atoms with E-state index in [0.29, 0.717) is 32.7 Å². The molecule has 27 heavy (non-hydrogen) atoms. The van der Waals surface area contributed by atoms with E-state index in [2.05, 4.69) is 5.10 Å². The van der Waals surface area contributed by atoms with Crippen molar-refractivity contribution in [2.45, 2.75) is 17.7 Å². The first kappa shape index (κ1) is 19.0. The molecule has 0 aliphatic carbocycles. The molecule has 2 heterocycles. The number of rotatable bonds is 5. The molecule has 1 aliphatic rings. The van der Waals surface area contributed by atoms with E-state index in [0.717, 1.165) is 10.2 Å². The zero-order valence-corrected chi connectivity index (χ0v) is 15.4. The third kappa shape index (κ3) is 4.00. The van der Waals surface area contributed by atoms with Gasteiger partial charge in [-0.2, -0.15) is 19.3 Å². The summed E-state index contributed by atoms with van der Waals surface area (Å²) in [5.41, 5.74) is 6.67. The lowest BCUT2D eigenvalue weighted by molar-refractivity contribution is 0.0730. The normalized spacial score (nSPS) is 15.4. The minimum Gasteiger partial charge on any atom is -0.382 e. The van der Waals surface area contributed by atoms with Gasteiger partial charge in [0, 0.05) is 19.5 Å². The number of anilines is 1. The van der Waals surface area contributed by atoms with Crippen LogP contribution in [-0.4, -0.2) is 54.7 Å². The van der Waals surface area contributed by atoms with Gasteiger partial charge in [-0.25, -0.2) is 8.42 Å². The Labute approximate surface area is 157 Å². The number of hydrogen-bond acceptors (Lipinski definition) is 7. The highest BCUT2D eigenvalue weighted by Gasteiger charge is 2.26. The fourth-order valence-electron chi connectivity index (χ4n) is 2.76. The molecule has 0 unspecified atom stereocenters. The van der Waals surface area contributed by atoms with Gasteiger partial charge in [0.25, 0.3) is 0 Å². The van der Waals surface area contributed by atoms with Gasteiger partial charge in [-0.05, 0) is 24.1 Å². The molecule has 2 aromatic rings. The molecule has 0 atom stereocenters. The molecular formula is C17H19N5O4S. The highest BCUT2D eigenvalue weighted by Crippen LogP contribution is 2.18. The lowest BCUT2D eigenvalue weighted by atomic mass is 10.1. The Morgan fingerprint density at radius 1 is 1.26 bits per heavy atom. The minimum absolute atomic E-state index is 0.0226. The fourth-order valence-corrected chi connectivity index (χ4v) is 4.17. The van der Waals surface area contributed by atoms with Gasteiger partial charge in [-0.3, -0.25) is 4.79 Å². The Morgan fingerprint density at radius 3 is 2.52 bits per heavy atom. The average Bonchev–Trinajstić information content (AvgIpc) is 3.07. The van der Waals surface area contributed by atoms with Crippen molar-refractivity contribution >= 4 is 21.7 Å². The van der Waals surface area contributed by atoms with Crippen LogP contribution in [0.2, 0.25) is 0 Å². The van der Waals surface area contributed by atoms with Gasteiger partial charge < -0.3 is 10.5 Å². The number of aryl methyl sites for hydroxylation is 1. The first-order valence-electron chi connectivity index (χ1n) is 8.37. The SMILES string of the molecule is N#Cc1cnn(C(=O)CCc2ccc(S(=O)(=O)N3CCOCC3)cc2)c1N. The zero-order valence-electron chi connectivity index (χ0n) is 14.5. The van der Waals surface area contributed by atoms with Crippen LogP contribution in [0, 0.1) is 11.3 Å². The number of nitrogens with zero attached hydrogens (tertiary/aromatic N) is 4. The molecule has 1 aliphatic heterocycles. The zero-order chi connectivity index (χ0) is 19.4. The number of sulfonamides is 1. The lowest BCUT2D eigenvalue weighted by Crippen LogP contribution is -2.40. The summed E-state index contributed by atoms with van der Waals surface area (Å²) < 4.78 is 32.8. The topological polar surface area (TPSA) is 131 Å². The monoisotopic (exact) mass is 389 g/mol. The number of hydrogen-bond donors (Lipinski definition) is 1. The van der Waals surface area contributed by atoms with E-state index < -0.39 is 10.0 Å². The second-order valence-corrected chi connectivity index (χ2v) is 7.96. The summed E-state index contributed by atoms with van der Waals surface area (Å²) in [4.78, 5) is 12.4. The van der Waals surface area contributed by atoms with Crippen molar-refractivity contribution in [3.63, 3.8) is 0 Å². The predicted molar refractivity (Wildman–Crippen MR) is 96.3 cm³/mol. The van der Waals surface area contributed by atoms with Crippen molar-refractivity contribution < 1.29 is 17.9 Å². The van der Waals surface area contributed by atoms with E-state index in [1.165, 1.54) is 10.5 Å². The Morgan fingerprint density at radius 2 is 1.93 bits per heavy atom. The van der Waals surface area contributed by atoms with Crippen molar-refractivity contribution in [3.8, 4) is 6.07 Å². The molecule has 1 fully saturated rings. The summed E-state index contributed by atoms with van der Waals surface area (Å²) in [5.74, 6) is -0.312. The Hall–Kier alpha value is -2.74. The Balaban J connectivity index is 1.64. The molecule has 142 valence electrons. The van der Waals surface area contributed by atoms with E-state index in [4.69, 9.17) is 15.7 Å². The molecule has 0 radical (unpaired) electrons. The highest BCUT2D eigenvalue weighted by atomic mass is 32.2. The largest absolute Gasteiger partial charge is 0.382 e. The van der Waals surface area contributed by atoms with Crippen LogP contribution in [0.5, 0.6) is 0 Å². The van der Waals surface area contributed by atoms with Crippen LogP contribution >= 0.6 is 0 Å². The molecule has 10 heteroatoms. The highest BCUT2D eigenvalue weighted by molar-refractivity contribution is 7.89. The first-order valence-corrected chi connectivity index (χ1v) is 9.81. The number of ether oxygens (including phenoxy) is 1. The van der Waals surface area contributed by atoms with Crippen LogP contribution in [0.4, 0.5) is 5.82 Å². The summed E-state index contributed by atoms with van der Waals surface area (Å²) in [6.45, 7) is 1.47. The van der Waals surface area contributed by atoms with Gasteiger partial charge >= 0.3 is 0 Å². The third-order valence-electron chi connectivity index (χ3n) is 4.32. The van der Waals surface area contributed by atoms with Crippen LogP contribution in [0.3, 0.4) is 0 Å². The second kappa shape index (κ2) is 7.87. The summed E-state index contributed by atoms with van der Waals surface area (Å²) in [6, 6.07) is 8.32. The minimum atomic E-state index is -3.53. The molecular weight excluding hydrogens is 370 g/mol. The van der Waals surface area contributed by atoms with Crippen LogP contribution in [-0.2, 0) is 21.2 Å². The predicted octanol–water partition coefficient (Wildman–Crippen LogP) is 0.631. The van der Waals surface area contributed by atoms with Crippen LogP contribution < -0.4 is 5.73 Å². The summed E-state index contributed by atoms with van der Waals surface area (Å²) in [5, 5.41) is 12.7. The van der Waals surface area contributed by atoms with E-state index in [1.54, 1.807) is 24.3 Å². The second-order valence-electron chi connectivity index (χ2n) is 6.02. The molecule has 1 aromatic carbocycles. The molecule has 3 rings (SSSR count). The molecule has 0 amide bonds. The van der Waals surface area contributed by atoms with Crippen LogP contribution in [0.1, 0.15) is 22.3 Å². The van der Waals surface area contributed by atoms with Gasteiger partial charge in [0.2, 0.25) is 15.9 Å². The van der Waals surface area contributed by atoms with Crippen LogP contribution in [0.25, 0.3) is 0 Å². The molecule has 0 spiro atoms. The third-order valence-corrected chi connectivity index (χ3v) is 6.23. The van der Waals surface area contributed by atoms with Crippen molar-refractivity contribution in [3.05, 3.63) is 41.6 Å². The summed E-state index contributed by atoms with van der Waals surface area (Å²) in [6.07, 6.45) is 1.78. The smallest absolute Gasteiger partial charge is 0.249 e. The van der Waals surface area contributed by atoms with E-state index in [9.17, 15) is 13.2 Å². The van der Waals surface area contributed by atoms with E-state index in [1.807, 2.05) is 6.07 Å².